The fraction of sp³-hybridized carbons (Fsp3) is 0.231. The fourth-order valence-corrected chi connectivity index (χ4v) is 6.13. The third-order valence-corrected chi connectivity index (χ3v) is 8.24. The zero-order valence-corrected chi connectivity index (χ0v) is 20.0. The molecule has 2 aromatic carbocycles. The molecule has 5 nitrogen and oxygen atoms in total. The number of nitrogens with two attached hydrogens (primary N) is 1. The van der Waals surface area contributed by atoms with Crippen molar-refractivity contribution in [1.82, 2.24) is 4.98 Å². The minimum absolute atomic E-state index is 0.154. The Morgan fingerprint density at radius 1 is 1.09 bits per heavy atom. The molecule has 5 rings (SSSR count). The van der Waals surface area contributed by atoms with Gasteiger partial charge in [0.05, 0.1) is 16.8 Å². The van der Waals surface area contributed by atoms with Crippen molar-refractivity contribution in [2.24, 2.45) is 0 Å². The number of ether oxygens (including phenoxy) is 1. The van der Waals surface area contributed by atoms with Crippen LogP contribution in [-0.2, 0) is 10.2 Å². The van der Waals surface area contributed by atoms with Gasteiger partial charge in [-0.2, -0.15) is 0 Å². The smallest absolute Gasteiger partial charge is 0.255 e. The number of carbonyl (C=O) groups is 1. The van der Waals surface area contributed by atoms with Crippen LogP contribution in [-0.4, -0.2) is 24.1 Å². The zero-order chi connectivity index (χ0) is 22.8. The molecule has 168 valence electrons. The third kappa shape index (κ3) is 4.31. The molecule has 0 unspecified atom stereocenters. The number of carbonyl (C=O) groups excluding carboxylic acids is 1. The highest BCUT2D eigenvalue weighted by Crippen LogP contribution is 2.42. The van der Waals surface area contributed by atoms with E-state index < -0.39 is 0 Å². The lowest BCUT2D eigenvalue weighted by Crippen LogP contribution is -2.35. The van der Waals surface area contributed by atoms with Gasteiger partial charge in [0.25, 0.3) is 5.91 Å². The molecule has 0 spiro atoms. The molecule has 1 aliphatic rings. The topological polar surface area (TPSA) is 77.2 Å². The van der Waals surface area contributed by atoms with E-state index in [2.05, 4.69) is 41.5 Å². The van der Waals surface area contributed by atoms with Crippen molar-refractivity contribution in [1.29, 1.82) is 0 Å². The van der Waals surface area contributed by atoms with Gasteiger partial charge in [0.15, 0.2) is 0 Å². The first-order chi connectivity index (χ1) is 16.0. The average molecular weight is 476 g/mol. The highest BCUT2D eigenvalue weighted by molar-refractivity contribution is 7.15. The number of rotatable bonds is 5. The summed E-state index contributed by atoms with van der Waals surface area (Å²) in [7, 11) is 0. The lowest BCUT2D eigenvalue weighted by Gasteiger charge is -2.36. The van der Waals surface area contributed by atoms with E-state index in [-0.39, 0.29) is 11.3 Å². The lowest BCUT2D eigenvalue weighted by atomic mass is 9.74. The van der Waals surface area contributed by atoms with Crippen molar-refractivity contribution in [3.05, 3.63) is 87.2 Å². The van der Waals surface area contributed by atoms with Crippen LogP contribution in [0.1, 0.15) is 38.6 Å². The summed E-state index contributed by atoms with van der Waals surface area (Å²) < 4.78 is 5.63. The summed E-state index contributed by atoms with van der Waals surface area (Å²) in [4.78, 5) is 20.0. The Labute approximate surface area is 201 Å². The molecule has 4 aromatic rings. The number of thiophene rings is 1. The minimum atomic E-state index is -0.178. The molecule has 0 aliphatic carbocycles. The number of nitrogens with one attached hydrogen (secondary N) is 1. The van der Waals surface area contributed by atoms with Gasteiger partial charge in [0, 0.05) is 40.1 Å². The van der Waals surface area contributed by atoms with Gasteiger partial charge >= 0.3 is 0 Å². The Hall–Kier alpha value is -3.00. The van der Waals surface area contributed by atoms with Crippen molar-refractivity contribution in [3.8, 4) is 10.4 Å². The van der Waals surface area contributed by atoms with Crippen LogP contribution < -0.4 is 11.1 Å². The molecule has 0 bridgehead atoms. The van der Waals surface area contributed by atoms with Gasteiger partial charge in [0.1, 0.15) is 5.01 Å². The number of hydrogen-bond acceptors (Lipinski definition) is 6. The summed E-state index contributed by atoms with van der Waals surface area (Å²) in [6.07, 6.45) is 3.63. The highest BCUT2D eigenvalue weighted by atomic mass is 32.1. The second-order valence-corrected chi connectivity index (χ2v) is 10.5. The predicted molar refractivity (Wildman–Crippen MR) is 136 cm³/mol. The number of benzene rings is 2. The number of anilines is 2. The Balaban J connectivity index is 1.38. The molecule has 0 atom stereocenters. The van der Waals surface area contributed by atoms with Gasteiger partial charge in [-0.1, -0.05) is 18.2 Å². The van der Waals surface area contributed by atoms with E-state index in [1.165, 1.54) is 10.4 Å². The lowest BCUT2D eigenvalue weighted by molar-refractivity contribution is 0.0630. The number of aryl methyl sites for hydroxylation is 1. The molecule has 33 heavy (non-hydrogen) atoms. The van der Waals surface area contributed by atoms with Gasteiger partial charge in [-0.05, 0) is 67.3 Å². The fourth-order valence-electron chi connectivity index (χ4n) is 4.35. The maximum Gasteiger partial charge on any atom is 0.255 e. The van der Waals surface area contributed by atoms with E-state index in [1.807, 2.05) is 41.9 Å². The molecule has 1 amide bonds. The molecule has 3 N–H and O–H groups in total. The molecule has 1 aliphatic heterocycles. The maximum atomic E-state index is 13.0. The van der Waals surface area contributed by atoms with Crippen LogP contribution in [0.25, 0.3) is 10.4 Å². The second-order valence-electron chi connectivity index (χ2n) is 8.28. The summed E-state index contributed by atoms with van der Waals surface area (Å²) in [5.41, 5.74) is 9.98. The van der Waals surface area contributed by atoms with Crippen LogP contribution in [0.4, 0.5) is 11.4 Å². The molecule has 2 aromatic heterocycles. The van der Waals surface area contributed by atoms with Crippen molar-refractivity contribution >= 4 is 40.0 Å². The first kappa shape index (κ1) is 21.8. The summed E-state index contributed by atoms with van der Waals surface area (Å²) in [5, 5.41) is 6.12. The maximum absolute atomic E-state index is 13.0. The molecular weight excluding hydrogens is 450 g/mol. The SMILES string of the molecule is Cc1ccc(-c2ccc(N)c(NC(=O)c3ccc(C4(c5nccs5)CCOCC4)cc3)c2)s1. The van der Waals surface area contributed by atoms with Gasteiger partial charge in [-0.3, -0.25) is 4.79 Å². The predicted octanol–water partition coefficient (Wildman–Crippen LogP) is 6.11. The van der Waals surface area contributed by atoms with E-state index >= 15 is 0 Å². The standard InChI is InChI=1S/C26H25N3O2S2/c1-17-2-9-23(33-17)19-5-8-21(27)22(16-19)29-24(30)18-3-6-20(7-4-18)26(10-13-31-14-11-26)25-28-12-15-32-25/h2-9,12,15-16H,10-11,13-14,27H2,1H3,(H,29,30). The summed E-state index contributed by atoms with van der Waals surface area (Å²) in [6, 6.07) is 17.8. The normalized spacial score (nSPS) is 15.3. The number of hydrogen-bond donors (Lipinski definition) is 2. The molecule has 0 saturated carbocycles. The van der Waals surface area contributed by atoms with Crippen LogP contribution in [0.15, 0.2) is 66.2 Å². The van der Waals surface area contributed by atoms with E-state index in [0.717, 1.165) is 28.3 Å². The molecule has 0 radical (unpaired) electrons. The summed E-state index contributed by atoms with van der Waals surface area (Å²) in [6.45, 7) is 3.50. The largest absolute Gasteiger partial charge is 0.397 e. The number of thiazole rings is 1. The van der Waals surface area contributed by atoms with Gasteiger partial charge in [-0.25, -0.2) is 4.98 Å². The highest BCUT2D eigenvalue weighted by Gasteiger charge is 2.38. The third-order valence-electron chi connectivity index (χ3n) is 6.21. The van der Waals surface area contributed by atoms with Gasteiger partial charge < -0.3 is 15.8 Å². The van der Waals surface area contributed by atoms with Crippen LogP contribution in [0.3, 0.4) is 0 Å². The molecule has 1 saturated heterocycles. The van der Waals surface area contributed by atoms with Gasteiger partial charge in [0.2, 0.25) is 0 Å². The first-order valence-corrected chi connectivity index (χ1v) is 12.6. The summed E-state index contributed by atoms with van der Waals surface area (Å²) in [5.74, 6) is -0.178. The average Bonchev–Trinajstić information content (AvgIpc) is 3.54. The van der Waals surface area contributed by atoms with E-state index in [0.29, 0.717) is 30.2 Å². The van der Waals surface area contributed by atoms with Crippen molar-refractivity contribution in [2.45, 2.75) is 25.2 Å². The Kier molecular flexibility index (Phi) is 6.01. The first-order valence-electron chi connectivity index (χ1n) is 10.9. The number of nitrogens with zero attached hydrogens (tertiary/aromatic N) is 1. The molecule has 1 fully saturated rings. The number of nitrogen functional groups attached to an aromatic ring is 1. The molecule has 3 heterocycles. The second kappa shape index (κ2) is 9.09. The van der Waals surface area contributed by atoms with Crippen molar-refractivity contribution < 1.29 is 9.53 Å². The van der Waals surface area contributed by atoms with Gasteiger partial charge in [-0.15, -0.1) is 22.7 Å². The number of aromatic nitrogens is 1. The van der Waals surface area contributed by atoms with E-state index in [1.54, 1.807) is 22.7 Å². The minimum Gasteiger partial charge on any atom is -0.397 e. The Morgan fingerprint density at radius 3 is 2.55 bits per heavy atom. The van der Waals surface area contributed by atoms with Crippen LogP contribution in [0, 0.1) is 6.92 Å². The van der Waals surface area contributed by atoms with E-state index in [4.69, 9.17) is 10.5 Å². The molecular formula is C26H25N3O2S2. The zero-order valence-electron chi connectivity index (χ0n) is 18.3. The van der Waals surface area contributed by atoms with E-state index in [9.17, 15) is 4.79 Å². The number of amides is 1. The van der Waals surface area contributed by atoms with Crippen LogP contribution >= 0.6 is 22.7 Å². The van der Waals surface area contributed by atoms with Crippen LogP contribution in [0.2, 0.25) is 0 Å². The quantitative estimate of drug-likeness (QED) is 0.341. The molecule has 7 heteroatoms. The van der Waals surface area contributed by atoms with Crippen molar-refractivity contribution in [3.63, 3.8) is 0 Å². The monoisotopic (exact) mass is 475 g/mol. The Bertz CT molecular complexity index is 1260. The van der Waals surface area contributed by atoms with Crippen molar-refractivity contribution in [2.75, 3.05) is 24.3 Å². The van der Waals surface area contributed by atoms with Crippen LogP contribution in [0.5, 0.6) is 0 Å². The summed E-state index contributed by atoms with van der Waals surface area (Å²) >= 11 is 3.40. The Morgan fingerprint density at radius 2 is 1.88 bits per heavy atom.